The van der Waals surface area contributed by atoms with Crippen LogP contribution in [0.15, 0.2) is 4.47 Å². The Bertz CT molecular complexity index is 312. The van der Waals surface area contributed by atoms with Crippen molar-refractivity contribution >= 4 is 37.8 Å². The van der Waals surface area contributed by atoms with E-state index in [4.69, 9.17) is 4.74 Å². The summed E-state index contributed by atoms with van der Waals surface area (Å²) in [5, 5.41) is 7.16. The van der Waals surface area contributed by atoms with Gasteiger partial charge >= 0.3 is 5.97 Å². The van der Waals surface area contributed by atoms with Crippen molar-refractivity contribution in [2.75, 3.05) is 6.61 Å². The van der Waals surface area contributed by atoms with Crippen molar-refractivity contribution in [2.45, 2.75) is 19.7 Å². The Morgan fingerprint density at radius 2 is 2.29 bits per heavy atom. The Balaban J connectivity index is 0.00000169. The van der Waals surface area contributed by atoms with E-state index in [-0.39, 0.29) is 13.1 Å². The molecule has 0 aromatic carbocycles. The van der Waals surface area contributed by atoms with Gasteiger partial charge in [-0.3, -0.25) is 5.10 Å². The standard InChI is InChI=1S/C7H8Br2N2O2.CH4/c1-2-13-7(12)6-5(9)4(3-8)10-11-6;/h2-3H2,1H3,(H,10,11);1H4. The third-order valence-electron chi connectivity index (χ3n) is 1.38. The minimum absolute atomic E-state index is 0. The molecule has 1 aromatic heterocycles. The lowest BCUT2D eigenvalue weighted by molar-refractivity contribution is 0.0518. The zero-order valence-electron chi connectivity index (χ0n) is 6.93. The summed E-state index contributed by atoms with van der Waals surface area (Å²) < 4.78 is 5.46. The zero-order valence-corrected chi connectivity index (χ0v) is 10.1. The average molecular weight is 328 g/mol. The van der Waals surface area contributed by atoms with Gasteiger partial charge in [0.15, 0.2) is 5.69 Å². The monoisotopic (exact) mass is 326 g/mol. The molecule has 0 aliphatic heterocycles. The Morgan fingerprint density at radius 3 is 2.71 bits per heavy atom. The van der Waals surface area contributed by atoms with Gasteiger partial charge in [0, 0.05) is 5.33 Å². The van der Waals surface area contributed by atoms with E-state index in [0.29, 0.717) is 16.4 Å². The summed E-state index contributed by atoms with van der Waals surface area (Å²) in [7, 11) is 0. The van der Waals surface area contributed by atoms with Gasteiger partial charge in [0.05, 0.1) is 16.8 Å². The van der Waals surface area contributed by atoms with Gasteiger partial charge in [-0.1, -0.05) is 23.4 Å². The van der Waals surface area contributed by atoms with E-state index in [1.165, 1.54) is 0 Å². The van der Waals surface area contributed by atoms with Crippen molar-refractivity contribution in [3.8, 4) is 0 Å². The first-order valence-corrected chi connectivity index (χ1v) is 5.58. The number of rotatable bonds is 3. The molecular formula is C8H12Br2N2O2. The fourth-order valence-electron chi connectivity index (χ4n) is 0.788. The van der Waals surface area contributed by atoms with E-state index in [1.807, 2.05) is 0 Å². The maximum absolute atomic E-state index is 11.2. The average Bonchev–Trinajstić information content (AvgIpc) is 2.47. The summed E-state index contributed by atoms with van der Waals surface area (Å²) >= 11 is 6.51. The summed E-state index contributed by atoms with van der Waals surface area (Å²) in [4.78, 5) is 11.2. The first-order valence-electron chi connectivity index (χ1n) is 3.66. The number of hydrogen-bond donors (Lipinski definition) is 1. The predicted octanol–water partition coefficient (Wildman–Crippen LogP) is 2.88. The van der Waals surface area contributed by atoms with Crippen LogP contribution in [0.2, 0.25) is 0 Å². The molecule has 0 unspecified atom stereocenters. The predicted molar refractivity (Wildman–Crippen MR) is 61.6 cm³/mol. The molecule has 0 radical (unpaired) electrons. The van der Waals surface area contributed by atoms with E-state index in [2.05, 4.69) is 42.1 Å². The van der Waals surface area contributed by atoms with Gasteiger partial charge in [-0.25, -0.2) is 4.79 Å². The number of nitrogens with zero attached hydrogens (tertiary/aromatic N) is 1. The Kier molecular flexibility index (Phi) is 6.03. The van der Waals surface area contributed by atoms with Crippen LogP contribution in [0, 0.1) is 0 Å². The lowest BCUT2D eigenvalue weighted by atomic mass is 10.4. The molecule has 1 rings (SSSR count). The van der Waals surface area contributed by atoms with Gasteiger partial charge in [-0.05, 0) is 22.9 Å². The van der Waals surface area contributed by atoms with Gasteiger partial charge in [-0.2, -0.15) is 5.10 Å². The van der Waals surface area contributed by atoms with Crippen molar-refractivity contribution in [1.29, 1.82) is 0 Å². The third kappa shape index (κ3) is 2.81. The van der Waals surface area contributed by atoms with E-state index < -0.39 is 5.97 Å². The van der Waals surface area contributed by atoms with Crippen molar-refractivity contribution in [3.05, 3.63) is 15.9 Å². The molecule has 0 bridgehead atoms. The number of ether oxygens (including phenoxy) is 1. The number of aromatic nitrogens is 2. The number of carbonyl (C=O) groups is 1. The molecule has 14 heavy (non-hydrogen) atoms. The van der Waals surface area contributed by atoms with Crippen LogP contribution in [-0.2, 0) is 10.1 Å². The second-order valence-electron chi connectivity index (χ2n) is 2.22. The van der Waals surface area contributed by atoms with Gasteiger partial charge in [0.1, 0.15) is 0 Å². The normalized spacial score (nSPS) is 9.36. The largest absolute Gasteiger partial charge is 0.461 e. The van der Waals surface area contributed by atoms with Crippen LogP contribution in [0.25, 0.3) is 0 Å². The molecule has 1 N–H and O–H groups in total. The van der Waals surface area contributed by atoms with E-state index >= 15 is 0 Å². The first kappa shape index (κ1) is 13.6. The molecule has 6 heteroatoms. The van der Waals surface area contributed by atoms with Crippen LogP contribution in [0.5, 0.6) is 0 Å². The third-order valence-corrected chi connectivity index (χ3v) is 2.79. The van der Waals surface area contributed by atoms with Crippen molar-refractivity contribution in [2.24, 2.45) is 0 Å². The maximum atomic E-state index is 11.2. The maximum Gasteiger partial charge on any atom is 0.360 e. The first-order chi connectivity index (χ1) is 6.20. The molecule has 1 heterocycles. The number of aromatic amines is 1. The van der Waals surface area contributed by atoms with Gasteiger partial charge in [0.25, 0.3) is 0 Å². The SMILES string of the molecule is C.CCOC(=O)c1n[nH]c(CBr)c1Br. The van der Waals surface area contributed by atoms with Crippen LogP contribution in [0.4, 0.5) is 0 Å². The zero-order chi connectivity index (χ0) is 9.84. The highest BCUT2D eigenvalue weighted by molar-refractivity contribution is 9.10. The Morgan fingerprint density at radius 1 is 1.64 bits per heavy atom. The molecule has 0 aliphatic rings. The van der Waals surface area contributed by atoms with Gasteiger partial charge in [-0.15, -0.1) is 0 Å². The topological polar surface area (TPSA) is 55.0 Å². The minimum atomic E-state index is -0.419. The molecule has 0 saturated heterocycles. The molecule has 0 spiro atoms. The number of nitrogens with one attached hydrogen (secondary N) is 1. The molecule has 0 atom stereocenters. The lowest BCUT2D eigenvalue weighted by Crippen LogP contribution is -2.05. The minimum Gasteiger partial charge on any atom is -0.461 e. The molecule has 0 fully saturated rings. The number of halogens is 2. The van der Waals surface area contributed by atoms with E-state index in [9.17, 15) is 4.79 Å². The summed E-state index contributed by atoms with van der Waals surface area (Å²) in [5.41, 5.74) is 1.11. The molecule has 0 saturated carbocycles. The number of esters is 1. The van der Waals surface area contributed by atoms with Crippen LogP contribution >= 0.6 is 31.9 Å². The number of H-pyrrole nitrogens is 1. The summed E-state index contributed by atoms with van der Waals surface area (Å²) in [6.45, 7) is 2.10. The smallest absolute Gasteiger partial charge is 0.360 e. The number of carbonyl (C=O) groups excluding carboxylic acids is 1. The molecule has 4 nitrogen and oxygen atoms in total. The van der Waals surface area contributed by atoms with Crippen molar-refractivity contribution < 1.29 is 9.53 Å². The molecule has 0 amide bonds. The number of alkyl halides is 1. The summed E-state index contributed by atoms with van der Waals surface area (Å²) in [6, 6.07) is 0. The second kappa shape index (κ2) is 6.19. The highest BCUT2D eigenvalue weighted by Gasteiger charge is 2.17. The Labute approximate surface area is 99.7 Å². The van der Waals surface area contributed by atoms with Crippen LogP contribution in [0.1, 0.15) is 30.5 Å². The molecule has 0 aliphatic carbocycles. The molecule has 80 valence electrons. The molecular weight excluding hydrogens is 316 g/mol. The summed E-state index contributed by atoms with van der Waals surface area (Å²) in [5.74, 6) is -0.419. The fourth-order valence-corrected chi connectivity index (χ4v) is 2.05. The highest BCUT2D eigenvalue weighted by atomic mass is 79.9. The fraction of sp³-hybridized carbons (Fsp3) is 0.500. The Hall–Kier alpha value is -0.360. The highest BCUT2D eigenvalue weighted by Crippen LogP contribution is 2.21. The van der Waals surface area contributed by atoms with Crippen LogP contribution < -0.4 is 0 Å². The summed E-state index contributed by atoms with van der Waals surface area (Å²) in [6.07, 6.45) is 0. The van der Waals surface area contributed by atoms with Gasteiger partial charge < -0.3 is 4.74 Å². The van der Waals surface area contributed by atoms with Crippen molar-refractivity contribution in [1.82, 2.24) is 10.2 Å². The quantitative estimate of drug-likeness (QED) is 0.686. The van der Waals surface area contributed by atoms with E-state index in [1.54, 1.807) is 6.92 Å². The second-order valence-corrected chi connectivity index (χ2v) is 3.57. The lowest BCUT2D eigenvalue weighted by Gasteiger charge is -1.97. The molecule has 1 aromatic rings. The van der Waals surface area contributed by atoms with Crippen molar-refractivity contribution in [3.63, 3.8) is 0 Å². The van der Waals surface area contributed by atoms with Gasteiger partial charge in [0.2, 0.25) is 0 Å². The van der Waals surface area contributed by atoms with Crippen LogP contribution in [0.3, 0.4) is 0 Å². The van der Waals surface area contributed by atoms with E-state index in [0.717, 1.165) is 5.69 Å². The van der Waals surface area contributed by atoms with Crippen LogP contribution in [-0.4, -0.2) is 22.8 Å². The number of hydrogen-bond acceptors (Lipinski definition) is 3.